The molecule has 4 rings (SSSR count). The van der Waals surface area contributed by atoms with Crippen LogP contribution in [-0.2, 0) is 6.42 Å². The Balaban J connectivity index is 1.48. The van der Waals surface area contributed by atoms with Gasteiger partial charge in [-0.1, -0.05) is 18.2 Å². The van der Waals surface area contributed by atoms with Crippen LogP contribution in [-0.4, -0.2) is 28.5 Å². The van der Waals surface area contributed by atoms with Gasteiger partial charge in [0, 0.05) is 28.7 Å². The molecule has 33 heavy (non-hydrogen) atoms. The first kappa shape index (κ1) is 21.8. The molecule has 3 amide bonds. The molecular weight excluding hydrogens is 424 g/mol. The fraction of sp³-hybridized carbons (Fsp3) is 0.167. The normalized spacial score (nSPS) is 13.8. The van der Waals surface area contributed by atoms with Gasteiger partial charge >= 0.3 is 5.91 Å². The van der Waals surface area contributed by atoms with E-state index in [4.69, 9.17) is 4.42 Å². The SMILES string of the molecule is Cc1c(C(=O)NNC(=O)c2ccccc2)oc2c1/C(=N/NC(=O)c1ccc(O)cc1)CCC2. The summed E-state index contributed by atoms with van der Waals surface area (Å²) in [6, 6.07) is 14.3. The maximum absolute atomic E-state index is 12.7. The van der Waals surface area contributed by atoms with Crippen molar-refractivity contribution >= 4 is 23.4 Å². The predicted octanol–water partition coefficient (Wildman–Crippen LogP) is 2.84. The third kappa shape index (κ3) is 4.77. The topological polar surface area (TPSA) is 133 Å². The molecule has 1 aromatic heterocycles. The molecule has 9 nitrogen and oxygen atoms in total. The van der Waals surface area contributed by atoms with E-state index < -0.39 is 17.7 Å². The largest absolute Gasteiger partial charge is 0.508 e. The van der Waals surface area contributed by atoms with E-state index in [0.29, 0.717) is 46.6 Å². The number of aryl methyl sites for hydroxylation is 1. The fourth-order valence-corrected chi connectivity index (χ4v) is 3.62. The number of rotatable bonds is 4. The van der Waals surface area contributed by atoms with E-state index in [1.165, 1.54) is 24.3 Å². The van der Waals surface area contributed by atoms with Crippen LogP contribution < -0.4 is 16.3 Å². The Morgan fingerprint density at radius 1 is 0.879 bits per heavy atom. The highest BCUT2D eigenvalue weighted by molar-refractivity contribution is 6.07. The lowest BCUT2D eigenvalue weighted by atomic mass is 9.93. The van der Waals surface area contributed by atoms with E-state index in [1.54, 1.807) is 37.3 Å². The van der Waals surface area contributed by atoms with Crippen molar-refractivity contribution in [2.45, 2.75) is 26.2 Å². The molecule has 0 unspecified atom stereocenters. The monoisotopic (exact) mass is 446 g/mol. The number of phenolic OH excluding ortho intramolecular Hbond substituents is 1. The summed E-state index contributed by atoms with van der Waals surface area (Å²) in [5, 5.41) is 13.6. The molecule has 0 bridgehead atoms. The molecule has 0 saturated carbocycles. The maximum Gasteiger partial charge on any atom is 0.305 e. The van der Waals surface area contributed by atoms with E-state index in [1.807, 2.05) is 0 Å². The molecule has 0 spiro atoms. The molecule has 0 aliphatic heterocycles. The van der Waals surface area contributed by atoms with Crippen molar-refractivity contribution in [2.24, 2.45) is 5.10 Å². The number of hydrazine groups is 1. The first-order valence-corrected chi connectivity index (χ1v) is 10.4. The van der Waals surface area contributed by atoms with Gasteiger partial charge in [-0.15, -0.1) is 0 Å². The van der Waals surface area contributed by atoms with Crippen molar-refractivity contribution < 1.29 is 23.9 Å². The zero-order chi connectivity index (χ0) is 23.4. The summed E-state index contributed by atoms with van der Waals surface area (Å²) in [5.74, 6) is -0.702. The van der Waals surface area contributed by atoms with E-state index in [0.717, 1.165) is 6.42 Å². The second-order valence-electron chi connectivity index (χ2n) is 7.53. The minimum Gasteiger partial charge on any atom is -0.508 e. The predicted molar refractivity (Wildman–Crippen MR) is 120 cm³/mol. The Morgan fingerprint density at radius 3 is 2.27 bits per heavy atom. The van der Waals surface area contributed by atoms with Gasteiger partial charge in [0.25, 0.3) is 11.8 Å². The summed E-state index contributed by atoms with van der Waals surface area (Å²) in [5.41, 5.74) is 9.91. The van der Waals surface area contributed by atoms with Crippen molar-refractivity contribution in [3.05, 3.63) is 88.4 Å². The van der Waals surface area contributed by atoms with Crippen LogP contribution in [0.5, 0.6) is 5.75 Å². The summed E-state index contributed by atoms with van der Waals surface area (Å²) < 4.78 is 5.79. The minimum atomic E-state index is -0.585. The zero-order valence-corrected chi connectivity index (χ0v) is 17.8. The van der Waals surface area contributed by atoms with Gasteiger partial charge in [0.2, 0.25) is 0 Å². The number of phenols is 1. The number of amides is 3. The number of furan rings is 1. The lowest BCUT2D eigenvalue weighted by Crippen LogP contribution is -2.41. The molecule has 2 aromatic carbocycles. The summed E-state index contributed by atoms with van der Waals surface area (Å²) in [4.78, 5) is 37.2. The standard InChI is InChI=1S/C24H22N4O5/c1-14-20-18(25-26-23(31)16-10-12-17(29)13-11-16)8-5-9-19(20)33-21(14)24(32)28-27-22(30)15-6-3-2-4-7-15/h2-4,6-7,10-13,29H,5,8-9H2,1H3,(H,26,31)(H,27,30)(H,28,32)/b25-18+. The van der Waals surface area contributed by atoms with Gasteiger partial charge < -0.3 is 9.52 Å². The van der Waals surface area contributed by atoms with Crippen molar-refractivity contribution in [3.63, 3.8) is 0 Å². The number of hydrazone groups is 1. The highest BCUT2D eigenvalue weighted by Crippen LogP contribution is 2.29. The molecular formula is C24H22N4O5. The summed E-state index contributed by atoms with van der Waals surface area (Å²) in [7, 11) is 0. The van der Waals surface area contributed by atoms with Crippen molar-refractivity contribution in [1.29, 1.82) is 0 Å². The molecule has 1 heterocycles. The van der Waals surface area contributed by atoms with Crippen LogP contribution in [0.1, 0.15) is 61.0 Å². The maximum atomic E-state index is 12.7. The lowest BCUT2D eigenvalue weighted by molar-refractivity contribution is 0.0829. The fourth-order valence-electron chi connectivity index (χ4n) is 3.62. The number of nitrogens with zero attached hydrogens (tertiary/aromatic N) is 1. The Morgan fingerprint density at radius 2 is 1.55 bits per heavy atom. The number of hydrogen-bond acceptors (Lipinski definition) is 6. The third-order valence-electron chi connectivity index (χ3n) is 5.28. The molecule has 168 valence electrons. The number of hydrogen-bond donors (Lipinski definition) is 4. The highest BCUT2D eigenvalue weighted by Gasteiger charge is 2.28. The van der Waals surface area contributed by atoms with Crippen LogP contribution in [0.25, 0.3) is 0 Å². The van der Waals surface area contributed by atoms with Crippen molar-refractivity contribution in [1.82, 2.24) is 16.3 Å². The first-order chi connectivity index (χ1) is 15.9. The van der Waals surface area contributed by atoms with Crippen LogP contribution in [0.15, 0.2) is 64.1 Å². The van der Waals surface area contributed by atoms with Crippen LogP contribution in [0.3, 0.4) is 0 Å². The summed E-state index contributed by atoms with van der Waals surface area (Å²) >= 11 is 0. The van der Waals surface area contributed by atoms with Crippen molar-refractivity contribution in [3.8, 4) is 5.75 Å². The van der Waals surface area contributed by atoms with Gasteiger partial charge in [0.05, 0.1) is 5.71 Å². The van der Waals surface area contributed by atoms with E-state index in [-0.39, 0.29) is 11.5 Å². The Bertz CT molecular complexity index is 1230. The molecule has 0 fully saturated rings. The van der Waals surface area contributed by atoms with Gasteiger partial charge in [-0.2, -0.15) is 5.10 Å². The van der Waals surface area contributed by atoms with Crippen LogP contribution in [0.4, 0.5) is 0 Å². The molecule has 3 aromatic rings. The average molecular weight is 446 g/mol. The molecule has 9 heteroatoms. The number of carbonyl (C=O) groups excluding carboxylic acids is 3. The Labute approximate surface area is 189 Å². The second kappa shape index (κ2) is 9.39. The molecule has 4 N–H and O–H groups in total. The van der Waals surface area contributed by atoms with E-state index in [9.17, 15) is 19.5 Å². The van der Waals surface area contributed by atoms with Crippen LogP contribution >= 0.6 is 0 Å². The molecule has 1 aliphatic rings. The first-order valence-electron chi connectivity index (χ1n) is 10.4. The summed E-state index contributed by atoms with van der Waals surface area (Å²) in [6.07, 6.45) is 1.99. The zero-order valence-electron chi connectivity index (χ0n) is 17.8. The van der Waals surface area contributed by atoms with Crippen molar-refractivity contribution in [2.75, 3.05) is 0 Å². The van der Waals surface area contributed by atoms with E-state index >= 15 is 0 Å². The third-order valence-corrected chi connectivity index (χ3v) is 5.28. The molecule has 1 aliphatic carbocycles. The van der Waals surface area contributed by atoms with Gasteiger partial charge in [-0.25, -0.2) is 5.43 Å². The number of aromatic hydroxyl groups is 1. The molecule has 0 atom stereocenters. The Kier molecular flexibility index (Phi) is 6.21. The second-order valence-corrected chi connectivity index (χ2v) is 7.53. The number of carbonyl (C=O) groups is 3. The molecule has 0 radical (unpaired) electrons. The summed E-state index contributed by atoms with van der Waals surface area (Å²) in [6.45, 7) is 1.74. The van der Waals surface area contributed by atoms with Crippen LogP contribution in [0, 0.1) is 6.92 Å². The van der Waals surface area contributed by atoms with Gasteiger partial charge in [0.1, 0.15) is 11.5 Å². The highest BCUT2D eigenvalue weighted by atomic mass is 16.4. The van der Waals surface area contributed by atoms with Gasteiger partial charge in [0.15, 0.2) is 5.76 Å². The minimum absolute atomic E-state index is 0.0644. The Hall–Kier alpha value is -4.40. The van der Waals surface area contributed by atoms with Gasteiger partial charge in [-0.05, 0) is 56.2 Å². The van der Waals surface area contributed by atoms with Crippen LogP contribution in [0.2, 0.25) is 0 Å². The average Bonchev–Trinajstić information content (AvgIpc) is 3.19. The number of nitrogens with one attached hydrogen (secondary N) is 3. The van der Waals surface area contributed by atoms with Gasteiger partial charge in [-0.3, -0.25) is 25.2 Å². The lowest BCUT2D eigenvalue weighted by Gasteiger charge is -2.13. The smallest absolute Gasteiger partial charge is 0.305 e. The quantitative estimate of drug-likeness (QED) is 0.458. The van der Waals surface area contributed by atoms with E-state index in [2.05, 4.69) is 21.4 Å². The number of fused-ring (bicyclic) bond motifs is 1. The molecule has 0 saturated heterocycles. The number of benzene rings is 2.